The molecule has 1 fully saturated rings. The molecule has 0 bridgehead atoms. The predicted octanol–water partition coefficient (Wildman–Crippen LogP) is 2.45. The zero-order chi connectivity index (χ0) is 15.2. The van der Waals surface area contributed by atoms with Crippen LogP contribution in [0.5, 0.6) is 0 Å². The normalized spacial score (nSPS) is 20.6. The largest absolute Gasteiger partial charge is 0.392 e. The van der Waals surface area contributed by atoms with Gasteiger partial charge in [0.2, 0.25) is 0 Å². The van der Waals surface area contributed by atoms with Crippen molar-refractivity contribution >= 4 is 5.82 Å². The second-order valence-electron chi connectivity index (χ2n) is 6.10. The summed E-state index contributed by atoms with van der Waals surface area (Å²) in [6.45, 7) is 7.80. The molecule has 0 aliphatic carbocycles. The number of anilines is 1. The number of rotatable bonds is 5. The lowest BCUT2D eigenvalue weighted by molar-refractivity contribution is 0.281. The Hall–Kier alpha value is -1.13. The van der Waals surface area contributed by atoms with Crippen molar-refractivity contribution in [1.82, 2.24) is 9.88 Å². The quantitative estimate of drug-likeness (QED) is 0.904. The SMILES string of the molecule is CCCc1cc(CO)cc(N2CCCN(C)CC2CC)n1. The van der Waals surface area contributed by atoms with Gasteiger partial charge in [0.25, 0.3) is 0 Å². The predicted molar refractivity (Wildman–Crippen MR) is 87.7 cm³/mol. The molecule has 2 rings (SSSR count). The summed E-state index contributed by atoms with van der Waals surface area (Å²) < 4.78 is 0. The van der Waals surface area contributed by atoms with Crippen LogP contribution in [0.4, 0.5) is 5.82 Å². The maximum atomic E-state index is 9.52. The van der Waals surface area contributed by atoms with Crippen LogP contribution in [0.25, 0.3) is 0 Å². The van der Waals surface area contributed by atoms with Crippen LogP contribution in [0.15, 0.2) is 12.1 Å². The van der Waals surface area contributed by atoms with Gasteiger partial charge in [-0.25, -0.2) is 4.98 Å². The first-order chi connectivity index (χ1) is 10.2. The van der Waals surface area contributed by atoms with Crippen LogP contribution in [-0.2, 0) is 13.0 Å². The van der Waals surface area contributed by atoms with Gasteiger partial charge in [0.05, 0.1) is 6.61 Å². The summed E-state index contributed by atoms with van der Waals surface area (Å²) in [4.78, 5) is 9.72. The van der Waals surface area contributed by atoms with Gasteiger partial charge in [-0.3, -0.25) is 0 Å². The van der Waals surface area contributed by atoms with Crippen molar-refractivity contribution in [2.45, 2.75) is 52.2 Å². The standard InChI is InChI=1S/C17H29N3O/c1-4-7-15-10-14(13-21)11-17(18-15)20-9-6-8-19(3)12-16(20)5-2/h10-11,16,21H,4-9,12-13H2,1-3H3. The van der Waals surface area contributed by atoms with Crippen molar-refractivity contribution in [3.05, 3.63) is 23.4 Å². The van der Waals surface area contributed by atoms with E-state index in [1.807, 2.05) is 6.07 Å². The minimum atomic E-state index is 0.0940. The van der Waals surface area contributed by atoms with Crippen molar-refractivity contribution in [3.8, 4) is 0 Å². The Morgan fingerprint density at radius 1 is 1.29 bits per heavy atom. The van der Waals surface area contributed by atoms with Gasteiger partial charge in [-0.2, -0.15) is 0 Å². The highest BCUT2D eigenvalue weighted by atomic mass is 16.3. The molecule has 2 heterocycles. The smallest absolute Gasteiger partial charge is 0.129 e. The molecule has 0 amide bonds. The number of pyridine rings is 1. The van der Waals surface area contributed by atoms with Gasteiger partial charge in [0, 0.05) is 24.8 Å². The van der Waals surface area contributed by atoms with Crippen LogP contribution in [0.2, 0.25) is 0 Å². The number of aryl methyl sites for hydroxylation is 1. The average molecular weight is 291 g/mol. The Morgan fingerprint density at radius 3 is 2.76 bits per heavy atom. The van der Waals surface area contributed by atoms with Crippen molar-refractivity contribution < 1.29 is 5.11 Å². The molecule has 1 aliphatic rings. The second-order valence-corrected chi connectivity index (χ2v) is 6.10. The molecule has 21 heavy (non-hydrogen) atoms. The number of hydrogen-bond donors (Lipinski definition) is 1. The van der Waals surface area contributed by atoms with E-state index in [-0.39, 0.29) is 6.61 Å². The summed E-state index contributed by atoms with van der Waals surface area (Å²) in [6.07, 6.45) is 4.35. The lowest BCUT2D eigenvalue weighted by Gasteiger charge is -2.31. The fourth-order valence-electron chi connectivity index (χ4n) is 3.15. The molecule has 1 atom stereocenters. The molecule has 1 aromatic rings. The third-order valence-electron chi connectivity index (χ3n) is 4.28. The molecule has 0 aromatic carbocycles. The third-order valence-corrected chi connectivity index (χ3v) is 4.28. The summed E-state index contributed by atoms with van der Waals surface area (Å²) in [5, 5.41) is 9.52. The number of aliphatic hydroxyl groups is 1. The molecule has 1 unspecified atom stereocenters. The molecule has 1 aliphatic heterocycles. The molecule has 1 aromatic heterocycles. The average Bonchev–Trinajstić information content (AvgIpc) is 2.68. The van der Waals surface area contributed by atoms with Crippen LogP contribution < -0.4 is 4.90 Å². The lowest BCUT2D eigenvalue weighted by atomic mass is 10.1. The van der Waals surface area contributed by atoms with Gasteiger partial charge in [0.1, 0.15) is 5.82 Å². The van der Waals surface area contributed by atoms with Crippen molar-refractivity contribution in [1.29, 1.82) is 0 Å². The van der Waals surface area contributed by atoms with E-state index in [9.17, 15) is 5.11 Å². The lowest BCUT2D eigenvalue weighted by Crippen LogP contribution is -2.40. The Morgan fingerprint density at radius 2 is 2.10 bits per heavy atom. The van der Waals surface area contributed by atoms with E-state index in [1.165, 1.54) is 6.42 Å². The minimum Gasteiger partial charge on any atom is -0.392 e. The highest BCUT2D eigenvalue weighted by Crippen LogP contribution is 2.22. The van der Waals surface area contributed by atoms with Crippen molar-refractivity contribution in [3.63, 3.8) is 0 Å². The van der Waals surface area contributed by atoms with Crippen LogP contribution in [0.3, 0.4) is 0 Å². The van der Waals surface area contributed by atoms with Gasteiger partial charge in [0.15, 0.2) is 0 Å². The fourth-order valence-corrected chi connectivity index (χ4v) is 3.15. The maximum absolute atomic E-state index is 9.52. The zero-order valence-corrected chi connectivity index (χ0v) is 13.7. The number of aliphatic hydroxyl groups excluding tert-OH is 1. The summed E-state index contributed by atoms with van der Waals surface area (Å²) >= 11 is 0. The van der Waals surface area contributed by atoms with Crippen LogP contribution in [0.1, 0.15) is 44.4 Å². The summed E-state index contributed by atoms with van der Waals surface area (Å²) in [7, 11) is 2.20. The zero-order valence-electron chi connectivity index (χ0n) is 13.7. The highest BCUT2D eigenvalue weighted by Gasteiger charge is 2.23. The van der Waals surface area contributed by atoms with Gasteiger partial charge in [-0.1, -0.05) is 20.3 Å². The molecule has 118 valence electrons. The van der Waals surface area contributed by atoms with Crippen molar-refractivity contribution in [2.75, 3.05) is 31.6 Å². The Labute approximate surface area is 128 Å². The van der Waals surface area contributed by atoms with E-state index in [0.717, 1.165) is 56.0 Å². The molecule has 1 N–H and O–H groups in total. The first-order valence-electron chi connectivity index (χ1n) is 8.23. The summed E-state index contributed by atoms with van der Waals surface area (Å²) in [6, 6.07) is 4.61. The van der Waals surface area contributed by atoms with E-state index >= 15 is 0 Å². The fraction of sp³-hybridized carbons (Fsp3) is 0.706. The molecule has 4 heteroatoms. The Balaban J connectivity index is 2.30. The number of aromatic nitrogens is 1. The Kier molecular flexibility index (Phi) is 6.00. The molecule has 1 saturated heterocycles. The topological polar surface area (TPSA) is 39.6 Å². The van der Waals surface area contributed by atoms with Gasteiger partial charge in [-0.15, -0.1) is 0 Å². The van der Waals surface area contributed by atoms with E-state index < -0.39 is 0 Å². The molecule has 0 saturated carbocycles. The highest BCUT2D eigenvalue weighted by molar-refractivity contribution is 5.44. The first-order valence-corrected chi connectivity index (χ1v) is 8.23. The van der Waals surface area contributed by atoms with Crippen molar-refractivity contribution in [2.24, 2.45) is 0 Å². The van der Waals surface area contributed by atoms with Crippen LogP contribution in [0, 0.1) is 0 Å². The van der Waals surface area contributed by atoms with E-state index in [4.69, 9.17) is 4.98 Å². The van der Waals surface area contributed by atoms with Crippen LogP contribution in [-0.4, -0.2) is 47.7 Å². The minimum absolute atomic E-state index is 0.0940. The second kappa shape index (κ2) is 7.76. The molecular weight excluding hydrogens is 262 g/mol. The first kappa shape index (κ1) is 16.2. The summed E-state index contributed by atoms with van der Waals surface area (Å²) in [5.74, 6) is 1.05. The summed E-state index contributed by atoms with van der Waals surface area (Å²) in [5.41, 5.74) is 2.09. The van der Waals surface area contributed by atoms with Crippen LogP contribution >= 0.6 is 0 Å². The van der Waals surface area contributed by atoms with E-state index in [0.29, 0.717) is 6.04 Å². The van der Waals surface area contributed by atoms with Gasteiger partial charge < -0.3 is 14.9 Å². The van der Waals surface area contributed by atoms with Gasteiger partial charge >= 0.3 is 0 Å². The number of nitrogens with zero attached hydrogens (tertiary/aromatic N) is 3. The molecule has 0 radical (unpaired) electrons. The van der Waals surface area contributed by atoms with E-state index in [1.54, 1.807) is 0 Å². The number of hydrogen-bond acceptors (Lipinski definition) is 4. The van der Waals surface area contributed by atoms with E-state index in [2.05, 4.69) is 36.8 Å². The molecule has 4 nitrogen and oxygen atoms in total. The molecule has 0 spiro atoms. The maximum Gasteiger partial charge on any atom is 0.129 e. The third kappa shape index (κ3) is 4.17. The monoisotopic (exact) mass is 291 g/mol. The molecular formula is C17H29N3O. The Bertz CT molecular complexity index is 450. The van der Waals surface area contributed by atoms with Gasteiger partial charge in [-0.05, 0) is 50.6 Å². The number of likely N-dealkylation sites (N-methyl/N-ethyl adjacent to an activating group) is 1.